The van der Waals surface area contributed by atoms with Gasteiger partial charge in [-0.15, -0.1) is 5.10 Å². The van der Waals surface area contributed by atoms with Crippen molar-refractivity contribution in [1.29, 1.82) is 0 Å². The third kappa shape index (κ3) is 7.79. The molecule has 0 aliphatic carbocycles. The van der Waals surface area contributed by atoms with E-state index < -0.39 is 23.8 Å². The first-order valence-electron chi connectivity index (χ1n) is 15.5. The minimum Gasteiger partial charge on any atom is -0.496 e. The molecule has 2 aromatic heterocycles. The summed E-state index contributed by atoms with van der Waals surface area (Å²) < 4.78 is 18.7. The zero-order valence-corrected chi connectivity index (χ0v) is 27.2. The van der Waals surface area contributed by atoms with E-state index in [0.717, 1.165) is 0 Å². The summed E-state index contributed by atoms with van der Waals surface area (Å²) >= 11 is 0. The summed E-state index contributed by atoms with van der Waals surface area (Å²) in [6.07, 6.45) is 4.10. The molecule has 15 nitrogen and oxygen atoms in total. The number of carbonyl (C=O) groups excluding carboxylic acids is 4. The van der Waals surface area contributed by atoms with Crippen LogP contribution in [0, 0.1) is 5.92 Å². The lowest BCUT2D eigenvalue weighted by atomic mass is 10.0. The van der Waals surface area contributed by atoms with Crippen LogP contribution in [0.1, 0.15) is 53.2 Å². The van der Waals surface area contributed by atoms with Crippen LogP contribution >= 0.6 is 0 Å². The van der Waals surface area contributed by atoms with Crippen LogP contribution in [0.2, 0.25) is 0 Å². The predicted octanol–water partition coefficient (Wildman–Crippen LogP) is 2.36. The summed E-state index contributed by atoms with van der Waals surface area (Å²) in [6, 6.07) is 10.8. The van der Waals surface area contributed by atoms with Crippen LogP contribution in [-0.2, 0) is 16.1 Å². The second-order valence-corrected chi connectivity index (χ2v) is 11.4. The molecular formula is C33H38N8O7. The number of hydrogen-bond donors (Lipinski definition) is 3. The van der Waals surface area contributed by atoms with Gasteiger partial charge >= 0.3 is 0 Å². The number of hydrogen-bond acceptors (Lipinski definition) is 10. The lowest BCUT2D eigenvalue weighted by Gasteiger charge is -2.25. The van der Waals surface area contributed by atoms with E-state index in [1.165, 1.54) is 29.8 Å². The molecule has 3 heterocycles. The van der Waals surface area contributed by atoms with Gasteiger partial charge in [0.25, 0.3) is 17.6 Å². The van der Waals surface area contributed by atoms with E-state index >= 15 is 0 Å². The molecule has 1 aliphatic heterocycles. The molecule has 4 amide bonds. The molecule has 0 fully saturated rings. The Morgan fingerprint density at radius 1 is 1.00 bits per heavy atom. The first-order chi connectivity index (χ1) is 23.2. The fourth-order valence-electron chi connectivity index (χ4n) is 5.18. The first kappa shape index (κ1) is 33.6. The molecule has 0 spiro atoms. The fourth-order valence-corrected chi connectivity index (χ4v) is 5.18. The van der Waals surface area contributed by atoms with Crippen molar-refractivity contribution in [3.8, 4) is 23.0 Å². The van der Waals surface area contributed by atoms with Crippen LogP contribution in [0.25, 0.3) is 5.78 Å². The summed E-state index contributed by atoms with van der Waals surface area (Å²) in [5.74, 6) is -0.521. The van der Waals surface area contributed by atoms with Crippen molar-refractivity contribution in [2.75, 3.05) is 33.9 Å². The molecule has 4 aromatic rings. The second-order valence-electron chi connectivity index (χ2n) is 11.4. The van der Waals surface area contributed by atoms with Gasteiger partial charge in [0.05, 0.1) is 32.9 Å². The Hall–Kier alpha value is -5.73. The number of nitrogens with zero attached hydrogens (tertiary/aromatic N) is 5. The minimum absolute atomic E-state index is 0.00202. The van der Waals surface area contributed by atoms with E-state index in [2.05, 4.69) is 31.0 Å². The lowest BCUT2D eigenvalue weighted by molar-refractivity contribution is -0.130. The van der Waals surface area contributed by atoms with Gasteiger partial charge in [-0.25, -0.2) is 9.50 Å². The van der Waals surface area contributed by atoms with E-state index in [1.807, 2.05) is 13.8 Å². The zero-order chi connectivity index (χ0) is 34.2. The summed E-state index contributed by atoms with van der Waals surface area (Å²) in [7, 11) is 3.00. The predicted molar refractivity (Wildman–Crippen MR) is 173 cm³/mol. The van der Waals surface area contributed by atoms with Crippen molar-refractivity contribution in [1.82, 2.24) is 40.4 Å². The average molecular weight is 659 g/mol. The molecule has 2 bridgehead atoms. The number of amides is 4. The third-order valence-corrected chi connectivity index (χ3v) is 7.73. The zero-order valence-electron chi connectivity index (χ0n) is 27.2. The molecule has 1 atom stereocenters. The van der Waals surface area contributed by atoms with Crippen LogP contribution in [0.3, 0.4) is 0 Å². The van der Waals surface area contributed by atoms with Gasteiger partial charge in [0.2, 0.25) is 17.6 Å². The van der Waals surface area contributed by atoms with Crippen LogP contribution in [0.5, 0.6) is 23.0 Å². The van der Waals surface area contributed by atoms with Crippen LogP contribution in [0.15, 0.2) is 54.9 Å². The standard InChI is InChI=1S/C33H38N8O7/c1-20(2)28-31(44)36-18-22-23(46-3)9-7-10-24(22)48-26-17-21(11-12-25(26)47-4)30(43)34-13-5-6-15-40(19-27(42)37-28)32(45)29-38-33-35-14-8-16-41(33)39-29/h7-12,14,16-17,20,28H,5-6,13,15,18-19H2,1-4H3,(H,34,43)(H,36,44)(H,37,42)/t28-/m1/s1. The SMILES string of the molecule is COc1ccc2cc1Oc1cccc(OC)c1CNC(=O)[C@@H](C(C)C)NC(=O)CN(C(=O)c1nc3ncccn3n1)CCCCNC2=O. The summed E-state index contributed by atoms with van der Waals surface area (Å²) in [4.78, 5) is 63.2. The molecule has 15 heteroatoms. The molecule has 5 rings (SSSR count). The Morgan fingerprint density at radius 2 is 1.81 bits per heavy atom. The number of benzene rings is 2. The summed E-state index contributed by atoms with van der Waals surface area (Å²) in [5.41, 5.74) is 0.873. The fraction of sp³-hybridized carbons (Fsp3) is 0.364. The molecule has 3 N–H and O–H groups in total. The number of nitrogens with one attached hydrogen (secondary N) is 3. The van der Waals surface area contributed by atoms with Gasteiger partial charge in [-0.2, -0.15) is 4.98 Å². The number of carbonyl (C=O) groups is 4. The van der Waals surface area contributed by atoms with Gasteiger partial charge < -0.3 is 35.1 Å². The van der Waals surface area contributed by atoms with E-state index in [1.54, 1.807) is 48.7 Å². The third-order valence-electron chi connectivity index (χ3n) is 7.73. The van der Waals surface area contributed by atoms with Crippen LogP contribution < -0.4 is 30.2 Å². The van der Waals surface area contributed by atoms with E-state index in [4.69, 9.17) is 14.2 Å². The van der Waals surface area contributed by atoms with E-state index in [0.29, 0.717) is 47.8 Å². The van der Waals surface area contributed by atoms with Crippen molar-refractivity contribution in [3.05, 3.63) is 71.8 Å². The molecule has 1 aliphatic rings. The molecule has 0 saturated carbocycles. The Morgan fingerprint density at radius 3 is 2.56 bits per heavy atom. The van der Waals surface area contributed by atoms with Gasteiger partial charge in [0, 0.05) is 31.0 Å². The highest BCUT2D eigenvalue weighted by molar-refractivity contribution is 5.95. The van der Waals surface area contributed by atoms with Crippen molar-refractivity contribution >= 4 is 29.4 Å². The van der Waals surface area contributed by atoms with Crippen molar-refractivity contribution < 1.29 is 33.4 Å². The Balaban J connectivity index is 1.45. The number of ether oxygens (including phenoxy) is 3. The monoisotopic (exact) mass is 658 g/mol. The van der Waals surface area contributed by atoms with E-state index in [9.17, 15) is 19.2 Å². The number of rotatable bonds is 4. The Bertz CT molecular complexity index is 1770. The minimum atomic E-state index is -0.913. The molecule has 2 aromatic carbocycles. The molecular weight excluding hydrogens is 620 g/mol. The molecule has 252 valence electrons. The maximum Gasteiger partial charge on any atom is 0.294 e. The van der Waals surface area contributed by atoms with Gasteiger partial charge in [0.15, 0.2) is 11.5 Å². The largest absolute Gasteiger partial charge is 0.496 e. The van der Waals surface area contributed by atoms with Crippen molar-refractivity contribution in [3.63, 3.8) is 0 Å². The van der Waals surface area contributed by atoms with Crippen LogP contribution in [-0.4, -0.2) is 88.0 Å². The summed E-state index contributed by atoms with van der Waals surface area (Å²) in [6.45, 7) is 3.75. The lowest BCUT2D eigenvalue weighted by Crippen LogP contribution is -2.52. The van der Waals surface area contributed by atoms with Gasteiger partial charge in [-0.05, 0) is 55.2 Å². The quantitative estimate of drug-likeness (QED) is 0.295. The van der Waals surface area contributed by atoms with Gasteiger partial charge in [0.1, 0.15) is 17.5 Å². The molecule has 0 unspecified atom stereocenters. The van der Waals surface area contributed by atoms with E-state index in [-0.39, 0.29) is 48.8 Å². The Labute approximate surface area is 277 Å². The number of aromatic nitrogens is 4. The van der Waals surface area contributed by atoms with Crippen LogP contribution in [0.4, 0.5) is 0 Å². The Kier molecular flexibility index (Phi) is 10.7. The first-order valence-corrected chi connectivity index (χ1v) is 15.5. The highest BCUT2D eigenvalue weighted by Gasteiger charge is 2.28. The second kappa shape index (κ2) is 15.2. The summed E-state index contributed by atoms with van der Waals surface area (Å²) in [5, 5.41) is 12.8. The normalized spacial score (nSPS) is 16.6. The average Bonchev–Trinajstić information content (AvgIpc) is 3.52. The maximum absolute atomic E-state index is 13.6. The van der Waals surface area contributed by atoms with Gasteiger partial charge in [-0.1, -0.05) is 19.9 Å². The number of fused-ring (bicyclic) bond motifs is 4. The van der Waals surface area contributed by atoms with Crippen molar-refractivity contribution in [2.45, 2.75) is 39.3 Å². The highest BCUT2D eigenvalue weighted by atomic mass is 16.5. The van der Waals surface area contributed by atoms with Gasteiger partial charge in [-0.3, -0.25) is 19.2 Å². The number of methoxy groups -OCH3 is 2. The molecule has 0 saturated heterocycles. The molecule has 48 heavy (non-hydrogen) atoms. The van der Waals surface area contributed by atoms with Crippen molar-refractivity contribution in [2.24, 2.45) is 5.92 Å². The highest BCUT2D eigenvalue weighted by Crippen LogP contribution is 2.37. The smallest absolute Gasteiger partial charge is 0.294 e. The molecule has 0 radical (unpaired) electrons. The topological polar surface area (TPSA) is 178 Å². The maximum atomic E-state index is 13.6.